The minimum atomic E-state index is -1.97. The summed E-state index contributed by atoms with van der Waals surface area (Å²) in [6.07, 6.45) is 1.14. The summed E-state index contributed by atoms with van der Waals surface area (Å²) >= 11 is 0. The summed E-state index contributed by atoms with van der Waals surface area (Å²) in [7, 11) is -1.97. The summed E-state index contributed by atoms with van der Waals surface area (Å²) in [5.41, 5.74) is 0.875. The lowest BCUT2D eigenvalue weighted by Crippen LogP contribution is -2.42. The average molecular weight is 389 g/mol. The molecule has 7 heteroatoms. The first kappa shape index (κ1) is 21.1. The maximum Gasteiger partial charge on any atom is 0.342 e. The Bertz CT molecular complexity index is 898. The van der Waals surface area contributed by atoms with E-state index in [4.69, 9.17) is 4.43 Å². The SMILES string of the molecule is Cc1ccccc1-c1ncc(C(=O)O)c(=O)n1CCO[Si](C)(C)C(C)(C)C. The lowest BCUT2D eigenvalue weighted by molar-refractivity contribution is 0.0693. The first-order valence-electron chi connectivity index (χ1n) is 8.99. The molecule has 1 aromatic carbocycles. The van der Waals surface area contributed by atoms with Gasteiger partial charge in [-0.2, -0.15) is 0 Å². The number of nitrogens with zero attached hydrogens (tertiary/aromatic N) is 2. The van der Waals surface area contributed by atoms with E-state index in [0.717, 1.165) is 17.3 Å². The van der Waals surface area contributed by atoms with Gasteiger partial charge in [-0.15, -0.1) is 0 Å². The van der Waals surface area contributed by atoms with Crippen LogP contribution in [0, 0.1) is 6.92 Å². The molecule has 0 aliphatic rings. The molecule has 146 valence electrons. The van der Waals surface area contributed by atoms with E-state index in [0.29, 0.717) is 12.4 Å². The first-order valence-corrected chi connectivity index (χ1v) is 11.9. The van der Waals surface area contributed by atoms with Crippen LogP contribution < -0.4 is 5.56 Å². The van der Waals surface area contributed by atoms with E-state index in [1.807, 2.05) is 31.2 Å². The molecule has 0 unspecified atom stereocenters. The highest BCUT2D eigenvalue weighted by atomic mass is 28.4. The third kappa shape index (κ3) is 4.54. The quantitative estimate of drug-likeness (QED) is 0.758. The molecule has 0 spiro atoms. The van der Waals surface area contributed by atoms with Gasteiger partial charge >= 0.3 is 5.97 Å². The van der Waals surface area contributed by atoms with Crippen LogP contribution >= 0.6 is 0 Å². The lowest BCUT2D eigenvalue weighted by Gasteiger charge is -2.36. The van der Waals surface area contributed by atoms with Crippen LogP contribution in [0.25, 0.3) is 11.4 Å². The zero-order valence-corrected chi connectivity index (χ0v) is 17.9. The molecule has 2 aromatic rings. The molecule has 0 fully saturated rings. The van der Waals surface area contributed by atoms with Crippen molar-refractivity contribution in [3.05, 3.63) is 51.9 Å². The normalized spacial score (nSPS) is 12.2. The maximum absolute atomic E-state index is 12.8. The average Bonchev–Trinajstić information content (AvgIpc) is 2.55. The standard InChI is InChI=1S/C20H28N2O4Si/c1-14-9-7-8-10-15(14)17-21-13-16(19(24)25)18(23)22(17)11-12-26-27(5,6)20(2,3)4/h7-10,13H,11-12H2,1-6H3,(H,24,25). The fraction of sp³-hybridized carbons (Fsp3) is 0.450. The summed E-state index contributed by atoms with van der Waals surface area (Å²) in [4.78, 5) is 28.4. The molecular formula is C20H28N2O4Si. The van der Waals surface area contributed by atoms with Crippen molar-refractivity contribution in [2.45, 2.75) is 52.4 Å². The second kappa shape index (κ2) is 7.78. The number of carboxylic acid groups (broad SMARTS) is 1. The van der Waals surface area contributed by atoms with Crippen molar-refractivity contribution in [3.63, 3.8) is 0 Å². The second-order valence-electron chi connectivity index (χ2n) is 8.18. The van der Waals surface area contributed by atoms with E-state index >= 15 is 0 Å². The van der Waals surface area contributed by atoms with Gasteiger partial charge in [0, 0.05) is 18.3 Å². The third-order valence-electron chi connectivity index (χ3n) is 5.25. The van der Waals surface area contributed by atoms with E-state index < -0.39 is 19.8 Å². The topological polar surface area (TPSA) is 81.4 Å². The van der Waals surface area contributed by atoms with Crippen LogP contribution in [-0.2, 0) is 11.0 Å². The molecule has 1 aromatic heterocycles. The highest BCUT2D eigenvalue weighted by molar-refractivity contribution is 6.74. The number of carbonyl (C=O) groups is 1. The minimum Gasteiger partial charge on any atom is -0.477 e. The molecule has 6 nitrogen and oxygen atoms in total. The molecule has 0 saturated heterocycles. The molecule has 0 bridgehead atoms. The molecule has 0 aliphatic heterocycles. The Balaban J connectivity index is 2.44. The molecular weight excluding hydrogens is 360 g/mol. The Morgan fingerprint density at radius 3 is 2.44 bits per heavy atom. The number of carboxylic acids is 1. The van der Waals surface area contributed by atoms with Crippen molar-refractivity contribution in [1.29, 1.82) is 0 Å². The molecule has 0 saturated carbocycles. The van der Waals surface area contributed by atoms with Gasteiger partial charge in [-0.05, 0) is 30.6 Å². The van der Waals surface area contributed by atoms with Gasteiger partial charge in [0.15, 0.2) is 8.32 Å². The molecule has 1 heterocycles. The van der Waals surface area contributed by atoms with Gasteiger partial charge in [-0.3, -0.25) is 9.36 Å². The van der Waals surface area contributed by atoms with Gasteiger partial charge in [0.05, 0.1) is 6.61 Å². The van der Waals surface area contributed by atoms with E-state index in [-0.39, 0.29) is 17.1 Å². The summed E-state index contributed by atoms with van der Waals surface area (Å²) in [5, 5.41) is 9.34. The van der Waals surface area contributed by atoms with E-state index in [1.54, 1.807) is 0 Å². The van der Waals surface area contributed by atoms with Crippen LogP contribution in [0.5, 0.6) is 0 Å². The molecule has 2 rings (SSSR count). The number of aromatic nitrogens is 2. The van der Waals surface area contributed by atoms with Crippen molar-refractivity contribution >= 4 is 14.3 Å². The zero-order valence-electron chi connectivity index (χ0n) is 16.9. The maximum atomic E-state index is 12.8. The molecule has 0 amide bonds. The largest absolute Gasteiger partial charge is 0.477 e. The monoisotopic (exact) mass is 388 g/mol. The number of aromatic carboxylic acids is 1. The summed E-state index contributed by atoms with van der Waals surface area (Å²) in [6, 6.07) is 7.59. The Morgan fingerprint density at radius 2 is 1.89 bits per heavy atom. The Morgan fingerprint density at radius 1 is 1.26 bits per heavy atom. The highest BCUT2D eigenvalue weighted by Gasteiger charge is 2.37. The van der Waals surface area contributed by atoms with Crippen molar-refractivity contribution in [1.82, 2.24) is 9.55 Å². The number of aryl methyl sites for hydroxylation is 1. The van der Waals surface area contributed by atoms with Crippen LogP contribution in [0.3, 0.4) is 0 Å². The van der Waals surface area contributed by atoms with Gasteiger partial charge in [-0.25, -0.2) is 9.78 Å². The summed E-state index contributed by atoms with van der Waals surface area (Å²) in [5.74, 6) is -0.815. The summed E-state index contributed by atoms with van der Waals surface area (Å²) in [6.45, 7) is 13.3. The van der Waals surface area contributed by atoms with Gasteiger partial charge in [0.2, 0.25) is 0 Å². The van der Waals surface area contributed by atoms with Crippen LogP contribution in [0.4, 0.5) is 0 Å². The fourth-order valence-electron chi connectivity index (χ4n) is 2.49. The zero-order chi connectivity index (χ0) is 20.4. The second-order valence-corrected chi connectivity index (χ2v) is 13.0. The number of hydrogen-bond acceptors (Lipinski definition) is 4. The van der Waals surface area contributed by atoms with E-state index in [1.165, 1.54) is 4.57 Å². The predicted octanol–water partition coefficient (Wildman–Crippen LogP) is 3.94. The van der Waals surface area contributed by atoms with Crippen molar-refractivity contribution in [2.24, 2.45) is 0 Å². The predicted molar refractivity (Wildman–Crippen MR) is 109 cm³/mol. The van der Waals surface area contributed by atoms with Gasteiger partial charge in [0.1, 0.15) is 11.4 Å². The third-order valence-corrected chi connectivity index (χ3v) is 9.79. The lowest BCUT2D eigenvalue weighted by atomic mass is 10.1. The van der Waals surface area contributed by atoms with Crippen LogP contribution in [-0.4, -0.2) is 35.6 Å². The van der Waals surface area contributed by atoms with Crippen molar-refractivity contribution in [3.8, 4) is 11.4 Å². The molecule has 0 radical (unpaired) electrons. The first-order chi connectivity index (χ1) is 12.5. The minimum absolute atomic E-state index is 0.0535. The number of benzene rings is 1. The number of hydrogen-bond donors (Lipinski definition) is 1. The van der Waals surface area contributed by atoms with Crippen LogP contribution in [0.2, 0.25) is 18.1 Å². The number of rotatable bonds is 6. The van der Waals surface area contributed by atoms with Crippen molar-refractivity contribution < 1.29 is 14.3 Å². The van der Waals surface area contributed by atoms with Crippen LogP contribution in [0.15, 0.2) is 35.3 Å². The van der Waals surface area contributed by atoms with Crippen LogP contribution in [0.1, 0.15) is 36.7 Å². The van der Waals surface area contributed by atoms with Gasteiger partial charge in [0.25, 0.3) is 5.56 Å². The Hall–Kier alpha value is -2.25. The van der Waals surface area contributed by atoms with Gasteiger partial charge in [-0.1, -0.05) is 45.0 Å². The Kier molecular flexibility index (Phi) is 6.06. The molecule has 27 heavy (non-hydrogen) atoms. The molecule has 0 atom stereocenters. The summed E-state index contributed by atoms with van der Waals surface area (Å²) < 4.78 is 7.59. The highest BCUT2D eigenvalue weighted by Crippen LogP contribution is 2.36. The van der Waals surface area contributed by atoms with E-state index in [2.05, 4.69) is 38.8 Å². The smallest absolute Gasteiger partial charge is 0.342 e. The molecule has 1 N–H and O–H groups in total. The molecule has 0 aliphatic carbocycles. The van der Waals surface area contributed by atoms with E-state index in [9.17, 15) is 14.7 Å². The fourth-order valence-corrected chi connectivity index (χ4v) is 3.53. The van der Waals surface area contributed by atoms with Crippen molar-refractivity contribution in [2.75, 3.05) is 6.61 Å². The Labute approximate surface area is 161 Å². The van der Waals surface area contributed by atoms with Gasteiger partial charge < -0.3 is 9.53 Å².